The highest BCUT2D eigenvalue weighted by atomic mass is 35.5. The fraction of sp³-hybridized carbons (Fsp3) is 0.300. The molecular formula is C20H20ClN3O5S. The second-order valence-corrected chi connectivity index (χ2v) is 7.99. The van der Waals surface area contributed by atoms with Gasteiger partial charge in [-0.3, -0.25) is 14.2 Å². The number of carbonyl (C=O) groups excluding carboxylic acids is 2. The van der Waals surface area contributed by atoms with Crippen molar-refractivity contribution in [3.05, 3.63) is 55.9 Å². The van der Waals surface area contributed by atoms with E-state index in [1.165, 1.54) is 18.0 Å². The molecule has 3 aromatic rings. The maximum Gasteiger partial charge on any atom is 0.348 e. The highest BCUT2D eigenvalue weighted by molar-refractivity contribution is 7.20. The summed E-state index contributed by atoms with van der Waals surface area (Å²) in [6.07, 6.45) is 1.30. The van der Waals surface area contributed by atoms with Crippen LogP contribution in [0.4, 0.5) is 5.69 Å². The van der Waals surface area contributed by atoms with Crippen molar-refractivity contribution in [3.63, 3.8) is 0 Å². The Morgan fingerprint density at radius 3 is 2.77 bits per heavy atom. The van der Waals surface area contributed by atoms with Crippen molar-refractivity contribution >= 4 is 50.7 Å². The number of ether oxygens (including phenoxy) is 2. The molecule has 0 saturated carbocycles. The van der Waals surface area contributed by atoms with Crippen molar-refractivity contribution in [2.24, 2.45) is 0 Å². The summed E-state index contributed by atoms with van der Waals surface area (Å²) >= 11 is 7.06. The normalized spacial score (nSPS) is 10.9. The summed E-state index contributed by atoms with van der Waals surface area (Å²) in [6.45, 7) is 3.67. The molecule has 1 aromatic carbocycles. The van der Waals surface area contributed by atoms with Gasteiger partial charge in [-0.25, -0.2) is 9.78 Å². The minimum Gasteiger partial charge on any atom is -0.459 e. The third-order valence-electron chi connectivity index (χ3n) is 4.41. The van der Waals surface area contributed by atoms with Gasteiger partial charge in [-0.1, -0.05) is 17.7 Å². The van der Waals surface area contributed by atoms with Crippen molar-refractivity contribution in [1.29, 1.82) is 0 Å². The number of nitrogens with zero attached hydrogens (tertiary/aromatic N) is 2. The van der Waals surface area contributed by atoms with Crippen molar-refractivity contribution < 1.29 is 19.1 Å². The molecule has 0 saturated heterocycles. The number of rotatable bonds is 7. The number of hydrogen-bond acceptors (Lipinski definition) is 7. The number of hydrogen-bond donors (Lipinski definition) is 1. The number of methoxy groups -OCH3 is 1. The number of aromatic nitrogens is 2. The van der Waals surface area contributed by atoms with Crippen molar-refractivity contribution in [2.75, 3.05) is 25.6 Å². The van der Waals surface area contributed by atoms with Gasteiger partial charge in [-0.15, -0.1) is 11.3 Å². The summed E-state index contributed by atoms with van der Waals surface area (Å²) in [6, 6.07) is 5.16. The lowest BCUT2D eigenvalue weighted by atomic mass is 10.2. The zero-order chi connectivity index (χ0) is 21.8. The molecule has 0 bridgehead atoms. The van der Waals surface area contributed by atoms with E-state index in [9.17, 15) is 14.4 Å². The van der Waals surface area contributed by atoms with Gasteiger partial charge in [-0.2, -0.15) is 0 Å². The lowest BCUT2D eigenvalue weighted by molar-refractivity contribution is -0.116. The molecule has 10 heteroatoms. The Kier molecular flexibility index (Phi) is 6.86. The van der Waals surface area contributed by atoms with Gasteiger partial charge >= 0.3 is 5.97 Å². The molecule has 0 aliphatic rings. The molecule has 2 aromatic heterocycles. The SMILES string of the molecule is COCCOC(=O)c1sc2ncn(CC(=O)Nc3cc(Cl)ccc3C)c(=O)c2c1C. The fourth-order valence-electron chi connectivity index (χ4n) is 2.82. The van der Waals surface area contributed by atoms with Gasteiger partial charge in [0.1, 0.15) is 22.9 Å². The summed E-state index contributed by atoms with van der Waals surface area (Å²) in [5, 5.41) is 3.54. The van der Waals surface area contributed by atoms with Gasteiger partial charge in [0, 0.05) is 17.8 Å². The van der Waals surface area contributed by atoms with Crippen LogP contribution >= 0.6 is 22.9 Å². The number of fused-ring (bicyclic) bond motifs is 1. The molecule has 3 rings (SSSR count). The largest absolute Gasteiger partial charge is 0.459 e. The van der Waals surface area contributed by atoms with Crippen LogP contribution in [0.1, 0.15) is 20.8 Å². The van der Waals surface area contributed by atoms with E-state index in [2.05, 4.69) is 10.3 Å². The number of nitrogens with one attached hydrogen (secondary N) is 1. The minimum atomic E-state index is -0.535. The summed E-state index contributed by atoms with van der Waals surface area (Å²) in [5.74, 6) is -0.927. The van der Waals surface area contributed by atoms with Crippen LogP contribution in [0.15, 0.2) is 29.3 Å². The second-order valence-electron chi connectivity index (χ2n) is 6.55. The van der Waals surface area contributed by atoms with E-state index < -0.39 is 17.4 Å². The maximum absolute atomic E-state index is 12.9. The Balaban J connectivity index is 1.83. The van der Waals surface area contributed by atoms with Crippen LogP contribution in [0.2, 0.25) is 5.02 Å². The molecule has 0 atom stereocenters. The molecule has 0 unspecified atom stereocenters. The summed E-state index contributed by atoms with van der Waals surface area (Å²) < 4.78 is 11.2. The van der Waals surface area contributed by atoms with Gasteiger partial charge in [0.2, 0.25) is 5.91 Å². The van der Waals surface area contributed by atoms with Gasteiger partial charge in [0.25, 0.3) is 5.56 Å². The monoisotopic (exact) mass is 449 g/mol. The van der Waals surface area contributed by atoms with E-state index in [0.717, 1.165) is 16.9 Å². The molecule has 0 aliphatic heterocycles. The Labute approximate surface area is 181 Å². The third kappa shape index (κ3) is 4.69. The number of aryl methyl sites for hydroxylation is 2. The third-order valence-corrected chi connectivity index (χ3v) is 5.83. The average molecular weight is 450 g/mol. The van der Waals surface area contributed by atoms with E-state index in [1.54, 1.807) is 25.1 Å². The van der Waals surface area contributed by atoms with Crippen molar-refractivity contribution in [3.8, 4) is 0 Å². The van der Waals surface area contributed by atoms with E-state index in [0.29, 0.717) is 31.4 Å². The first-order valence-electron chi connectivity index (χ1n) is 9.02. The fourth-order valence-corrected chi connectivity index (χ4v) is 4.03. The zero-order valence-corrected chi connectivity index (χ0v) is 18.2. The number of carbonyl (C=O) groups is 2. The molecule has 0 aliphatic carbocycles. The van der Waals surface area contributed by atoms with Gasteiger partial charge in [0.05, 0.1) is 18.3 Å². The number of halogens is 1. The van der Waals surface area contributed by atoms with E-state index in [-0.39, 0.29) is 19.8 Å². The molecule has 158 valence electrons. The molecule has 8 nitrogen and oxygen atoms in total. The number of benzene rings is 1. The lowest BCUT2D eigenvalue weighted by Gasteiger charge is -2.10. The van der Waals surface area contributed by atoms with E-state index in [1.807, 2.05) is 6.92 Å². The molecule has 0 spiro atoms. The minimum absolute atomic E-state index is 0.115. The number of amides is 1. The summed E-state index contributed by atoms with van der Waals surface area (Å²) in [5.41, 5.74) is 1.50. The maximum atomic E-state index is 12.9. The van der Waals surface area contributed by atoms with E-state index >= 15 is 0 Å². The predicted octanol–water partition coefficient (Wildman–Crippen LogP) is 3.17. The smallest absolute Gasteiger partial charge is 0.348 e. The molecule has 1 amide bonds. The number of thiophene rings is 1. The first-order chi connectivity index (χ1) is 14.3. The van der Waals surface area contributed by atoms with Crippen molar-refractivity contribution in [1.82, 2.24) is 9.55 Å². The first kappa shape index (κ1) is 21.9. The zero-order valence-electron chi connectivity index (χ0n) is 16.7. The predicted molar refractivity (Wildman–Crippen MR) is 116 cm³/mol. The first-order valence-corrected chi connectivity index (χ1v) is 10.2. The topological polar surface area (TPSA) is 99.5 Å². The van der Waals surface area contributed by atoms with Crippen LogP contribution in [0.3, 0.4) is 0 Å². The van der Waals surface area contributed by atoms with Gasteiger partial charge < -0.3 is 14.8 Å². The molecular weight excluding hydrogens is 430 g/mol. The van der Waals surface area contributed by atoms with Crippen LogP contribution < -0.4 is 10.9 Å². The van der Waals surface area contributed by atoms with Gasteiger partial charge in [0.15, 0.2) is 0 Å². The van der Waals surface area contributed by atoms with Crippen LogP contribution in [0, 0.1) is 13.8 Å². The van der Waals surface area contributed by atoms with Gasteiger partial charge in [-0.05, 0) is 37.1 Å². The Bertz CT molecular complexity index is 1170. The number of anilines is 1. The molecule has 0 fully saturated rings. The molecule has 2 heterocycles. The molecule has 30 heavy (non-hydrogen) atoms. The highest BCUT2D eigenvalue weighted by Crippen LogP contribution is 2.27. The Morgan fingerprint density at radius 2 is 2.03 bits per heavy atom. The quantitative estimate of drug-likeness (QED) is 0.439. The summed E-state index contributed by atoms with van der Waals surface area (Å²) in [4.78, 5) is 42.6. The average Bonchev–Trinajstić information content (AvgIpc) is 3.04. The second kappa shape index (κ2) is 9.38. The van der Waals surface area contributed by atoms with Crippen LogP contribution in [-0.2, 0) is 20.8 Å². The highest BCUT2D eigenvalue weighted by Gasteiger charge is 2.21. The molecule has 0 radical (unpaired) electrons. The van der Waals surface area contributed by atoms with E-state index in [4.69, 9.17) is 21.1 Å². The lowest BCUT2D eigenvalue weighted by Crippen LogP contribution is -2.28. The Hall–Kier alpha value is -2.75. The van der Waals surface area contributed by atoms with Crippen LogP contribution in [0.5, 0.6) is 0 Å². The van der Waals surface area contributed by atoms with Crippen molar-refractivity contribution in [2.45, 2.75) is 20.4 Å². The number of esters is 1. The molecule has 1 N–H and O–H groups in total. The van der Waals surface area contributed by atoms with Crippen LogP contribution in [-0.4, -0.2) is 41.8 Å². The summed E-state index contributed by atoms with van der Waals surface area (Å²) in [7, 11) is 1.51. The standard InChI is InChI=1S/C20H20ClN3O5S/c1-11-4-5-13(21)8-14(11)23-15(25)9-24-10-22-18-16(19(24)26)12(2)17(30-18)20(27)29-7-6-28-3/h4-5,8,10H,6-7,9H2,1-3H3,(H,23,25). The van der Waals surface area contributed by atoms with Crippen LogP contribution in [0.25, 0.3) is 10.2 Å². The Morgan fingerprint density at radius 1 is 1.27 bits per heavy atom.